The van der Waals surface area contributed by atoms with E-state index in [1.807, 2.05) is 39.0 Å². The Kier molecular flexibility index (Phi) is 5.68. The molecule has 2 aromatic carbocycles. The van der Waals surface area contributed by atoms with E-state index in [-0.39, 0.29) is 24.0 Å². The first-order valence-corrected chi connectivity index (χ1v) is 7.85. The highest BCUT2D eigenvalue weighted by Crippen LogP contribution is 2.28. The predicted molar refractivity (Wildman–Crippen MR) is 92.6 cm³/mol. The van der Waals surface area contributed by atoms with Gasteiger partial charge in [0, 0.05) is 6.54 Å². The second-order valence-corrected chi connectivity index (χ2v) is 5.92. The molecule has 0 aliphatic heterocycles. The van der Waals surface area contributed by atoms with Gasteiger partial charge in [0.05, 0.1) is 0 Å². The zero-order valence-electron chi connectivity index (χ0n) is 14.2. The molecule has 0 bridgehead atoms. The number of benzene rings is 2. The topological polar surface area (TPSA) is 78.8 Å². The molecule has 5 nitrogen and oxygen atoms in total. The Morgan fingerprint density at radius 1 is 1.04 bits per heavy atom. The van der Waals surface area contributed by atoms with Gasteiger partial charge in [-0.15, -0.1) is 0 Å². The van der Waals surface area contributed by atoms with Crippen molar-refractivity contribution >= 4 is 5.91 Å². The van der Waals surface area contributed by atoms with E-state index in [1.54, 1.807) is 0 Å². The van der Waals surface area contributed by atoms with Crippen LogP contribution in [0.4, 0.5) is 0 Å². The number of hydrogen-bond acceptors (Lipinski definition) is 4. The third-order valence-electron chi connectivity index (χ3n) is 3.84. The molecule has 24 heavy (non-hydrogen) atoms. The highest BCUT2D eigenvalue weighted by atomic mass is 16.5. The van der Waals surface area contributed by atoms with E-state index in [1.165, 1.54) is 12.1 Å². The summed E-state index contributed by atoms with van der Waals surface area (Å²) in [7, 11) is 0. The molecule has 0 aliphatic rings. The van der Waals surface area contributed by atoms with Crippen LogP contribution in [-0.4, -0.2) is 29.3 Å². The summed E-state index contributed by atoms with van der Waals surface area (Å²) >= 11 is 0. The lowest BCUT2D eigenvalue weighted by molar-refractivity contribution is -0.123. The maximum Gasteiger partial charge on any atom is 0.257 e. The summed E-state index contributed by atoms with van der Waals surface area (Å²) in [5.41, 5.74) is 3.89. The SMILES string of the molecule is Cc1ccc(OCC(=O)NCCc2cc(O)c(O)cc2C)c(C)c1. The molecule has 2 aromatic rings. The van der Waals surface area contributed by atoms with Crippen molar-refractivity contribution in [2.24, 2.45) is 0 Å². The van der Waals surface area contributed by atoms with E-state index in [9.17, 15) is 15.0 Å². The molecule has 0 radical (unpaired) electrons. The number of ether oxygens (including phenoxy) is 1. The summed E-state index contributed by atoms with van der Waals surface area (Å²) in [6, 6.07) is 8.84. The van der Waals surface area contributed by atoms with Crippen LogP contribution in [0.15, 0.2) is 30.3 Å². The Morgan fingerprint density at radius 2 is 1.75 bits per heavy atom. The maximum atomic E-state index is 11.9. The van der Waals surface area contributed by atoms with Gasteiger partial charge in [-0.2, -0.15) is 0 Å². The van der Waals surface area contributed by atoms with Crippen molar-refractivity contribution < 1.29 is 19.7 Å². The first-order valence-electron chi connectivity index (χ1n) is 7.85. The summed E-state index contributed by atoms with van der Waals surface area (Å²) in [6.07, 6.45) is 0.564. The molecule has 128 valence electrons. The minimum Gasteiger partial charge on any atom is -0.504 e. The van der Waals surface area contributed by atoms with Gasteiger partial charge in [0.1, 0.15) is 5.75 Å². The molecule has 3 N–H and O–H groups in total. The number of phenolic OH excluding ortho intramolecular Hbond substituents is 2. The van der Waals surface area contributed by atoms with Crippen LogP contribution >= 0.6 is 0 Å². The van der Waals surface area contributed by atoms with E-state index in [4.69, 9.17) is 4.74 Å². The van der Waals surface area contributed by atoms with E-state index >= 15 is 0 Å². The van der Waals surface area contributed by atoms with Gasteiger partial charge in [0.15, 0.2) is 18.1 Å². The number of nitrogens with one attached hydrogen (secondary N) is 1. The number of rotatable bonds is 6. The van der Waals surface area contributed by atoms with Crippen LogP contribution < -0.4 is 10.1 Å². The Hall–Kier alpha value is -2.69. The molecule has 0 aromatic heterocycles. The number of aromatic hydroxyl groups is 2. The summed E-state index contributed by atoms with van der Waals surface area (Å²) in [5.74, 6) is 0.216. The smallest absolute Gasteiger partial charge is 0.257 e. The zero-order valence-corrected chi connectivity index (χ0v) is 14.2. The van der Waals surface area contributed by atoms with Gasteiger partial charge in [0.2, 0.25) is 0 Å². The largest absolute Gasteiger partial charge is 0.504 e. The monoisotopic (exact) mass is 329 g/mol. The highest BCUT2D eigenvalue weighted by molar-refractivity contribution is 5.77. The number of phenols is 2. The summed E-state index contributed by atoms with van der Waals surface area (Å²) in [5, 5.41) is 21.7. The maximum absolute atomic E-state index is 11.9. The van der Waals surface area contributed by atoms with Crippen LogP contribution in [0, 0.1) is 20.8 Å². The van der Waals surface area contributed by atoms with Crippen molar-refractivity contribution in [2.45, 2.75) is 27.2 Å². The molecule has 5 heteroatoms. The molecule has 0 atom stereocenters. The first kappa shape index (κ1) is 17.7. The van der Waals surface area contributed by atoms with Crippen LogP contribution in [0.1, 0.15) is 22.3 Å². The number of hydrogen-bond donors (Lipinski definition) is 3. The average molecular weight is 329 g/mol. The number of amides is 1. The Bertz CT molecular complexity index is 740. The van der Waals surface area contributed by atoms with E-state index in [2.05, 4.69) is 5.32 Å². The fraction of sp³-hybridized carbons (Fsp3) is 0.316. The molecule has 0 heterocycles. The molecule has 0 aliphatic carbocycles. The van der Waals surface area contributed by atoms with Gasteiger partial charge in [-0.3, -0.25) is 4.79 Å². The predicted octanol–water partition coefficient (Wildman–Crippen LogP) is 2.76. The first-order chi connectivity index (χ1) is 11.4. The molecule has 1 amide bonds. The summed E-state index contributed by atoms with van der Waals surface area (Å²) in [4.78, 5) is 11.9. The van der Waals surface area contributed by atoms with Crippen molar-refractivity contribution in [1.82, 2.24) is 5.32 Å². The van der Waals surface area contributed by atoms with E-state index in [0.717, 1.165) is 22.3 Å². The van der Waals surface area contributed by atoms with Crippen molar-refractivity contribution in [3.8, 4) is 17.2 Å². The second kappa shape index (κ2) is 7.73. The lowest BCUT2D eigenvalue weighted by Gasteiger charge is -2.11. The second-order valence-electron chi connectivity index (χ2n) is 5.92. The molecular weight excluding hydrogens is 306 g/mol. The molecule has 0 saturated carbocycles. The number of carbonyl (C=O) groups is 1. The normalized spacial score (nSPS) is 10.5. The van der Waals surface area contributed by atoms with Gasteiger partial charge in [-0.25, -0.2) is 0 Å². The van der Waals surface area contributed by atoms with Crippen molar-refractivity contribution in [2.75, 3.05) is 13.2 Å². The lowest BCUT2D eigenvalue weighted by atomic mass is 10.0. The third kappa shape index (κ3) is 4.65. The van der Waals surface area contributed by atoms with Gasteiger partial charge in [-0.1, -0.05) is 17.7 Å². The molecular formula is C19H23NO4. The quantitative estimate of drug-likeness (QED) is 0.712. The molecule has 0 fully saturated rings. The Morgan fingerprint density at radius 3 is 2.46 bits per heavy atom. The summed E-state index contributed by atoms with van der Waals surface area (Å²) in [6.45, 7) is 6.19. The van der Waals surface area contributed by atoms with E-state index < -0.39 is 0 Å². The molecule has 0 unspecified atom stereocenters. The standard InChI is InChI=1S/C19H23NO4/c1-12-4-5-18(14(3)8-12)24-11-19(23)20-7-6-15-10-17(22)16(21)9-13(15)2/h4-5,8-10,21-22H,6-7,11H2,1-3H3,(H,20,23). The fourth-order valence-corrected chi connectivity index (χ4v) is 2.49. The average Bonchev–Trinajstić information content (AvgIpc) is 2.51. The van der Waals surface area contributed by atoms with Crippen molar-refractivity contribution in [1.29, 1.82) is 0 Å². The van der Waals surface area contributed by atoms with Crippen LogP contribution in [0.2, 0.25) is 0 Å². The van der Waals surface area contributed by atoms with Crippen LogP contribution in [-0.2, 0) is 11.2 Å². The van der Waals surface area contributed by atoms with Crippen LogP contribution in [0.3, 0.4) is 0 Å². The fourth-order valence-electron chi connectivity index (χ4n) is 2.49. The minimum atomic E-state index is -0.198. The number of carbonyl (C=O) groups excluding carboxylic acids is 1. The van der Waals surface area contributed by atoms with E-state index in [0.29, 0.717) is 18.7 Å². The molecule has 0 spiro atoms. The minimum absolute atomic E-state index is 0.0380. The van der Waals surface area contributed by atoms with Crippen molar-refractivity contribution in [3.63, 3.8) is 0 Å². The van der Waals surface area contributed by atoms with Gasteiger partial charge in [-0.05, 0) is 62.1 Å². The number of aryl methyl sites for hydroxylation is 3. The highest BCUT2D eigenvalue weighted by Gasteiger charge is 2.08. The van der Waals surface area contributed by atoms with Crippen LogP contribution in [0.25, 0.3) is 0 Å². The Labute approximate surface area is 141 Å². The van der Waals surface area contributed by atoms with Gasteiger partial charge in [0.25, 0.3) is 5.91 Å². The Balaban J connectivity index is 1.80. The summed E-state index contributed by atoms with van der Waals surface area (Å²) < 4.78 is 5.53. The third-order valence-corrected chi connectivity index (χ3v) is 3.84. The van der Waals surface area contributed by atoms with Gasteiger partial charge < -0.3 is 20.3 Å². The van der Waals surface area contributed by atoms with Crippen molar-refractivity contribution in [3.05, 3.63) is 52.6 Å². The molecule has 0 saturated heterocycles. The molecule has 2 rings (SSSR count). The lowest BCUT2D eigenvalue weighted by Crippen LogP contribution is -2.30. The van der Waals surface area contributed by atoms with Gasteiger partial charge >= 0.3 is 0 Å². The van der Waals surface area contributed by atoms with Crippen LogP contribution in [0.5, 0.6) is 17.2 Å². The zero-order chi connectivity index (χ0) is 17.7.